The van der Waals surface area contributed by atoms with E-state index in [0.29, 0.717) is 49.1 Å². The van der Waals surface area contributed by atoms with Gasteiger partial charge in [0.1, 0.15) is 6.04 Å². The minimum Gasteiger partial charge on any atom is -0.481 e. The third-order valence-electron chi connectivity index (χ3n) is 7.19. The van der Waals surface area contributed by atoms with Gasteiger partial charge in [-0.2, -0.15) is 0 Å². The Labute approximate surface area is 236 Å². The molecule has 5 rings (SSSR count). The number of benzene rings is 1. The van der Waals surface area contributed by atoms with Crippen LogP contribution < -0.4 is 5.32 Å². The summed E-state index contributed by atoms with van der Waals surface area (Å²) in [4.78, 5) is 36.1. The number of aromatic nitrogens is 1. The Balaban J connectivity index is 1.58. The first-order chi connectivity index (χ1) is 18.8. The number of esters is 1. The molecule has 1 aromatic heterocycles. The molecule has 3 aliphatic heterocycles. The molecule has 2 N–H and O–H groups in total. The van der Waals surface area contributed by atoms with Gasteiger partial charge >= 0.3 is 11.9 Å². The summed E-state index contributed by atoms with van der Waals surface area (Å²) < 4.78 is 39.8. The zero-order chi connectivity index (χ0) is 27.7. The Bertz CT molecular complexity index is 1310. The molecule has 1 unspecified atom stereocenters. The molecule has 2 fully saturated rings. The monoisotopic (exact) mass is 624 g/mol. The van der Waals surface area contributed by atoms with E-state index in [1.54, 1.807) is 18.5 Å². The summed E-state index contributed by atoms with van der Waals surface area (Å²) >= 11 is 4.52. The maximum Gasteiger partial charge on any atom is 0.338 e. The predicted molar refractivity (Wildman–Crippen MR) is 142 cm³/mol. The number of halogens is 3. The SMILES string of the molecule is CCOC(=O)C1=C(CN2[C@@H]3COC[C@H]2CC(CC(=O)O)C3)NC(c2nccs2)=N[C@H]1c1ccc(F)c(F)c1Br. The van der Waals surface area contributed by atoms with Crippen LogP contribution in [0, 0.1) is 17.6 Å². The van der Waals surface area contributed by atoms with Gasteiger partial charge in [-0.15, -0.1) is 11.3 Å². The van der Waals surface area contributed by atoms with Crippen LogP contribution in [0.15, 0.2) is 44.4 Å². The molecule has 0 amide bonds. The van der Waals surface area contributed by atoms with Gasteiger partial charge in [0.05, 0.1) is 29.9 Å². The van der Waals surface area contributed by atoms with E-state index in [4.69, 9.17) is 14.5 Å². The highest BCUT2D eigenvalue weighted by Crippen LogP contribution is 2.40. The van der Waals surface area contributed by atoms with E-state index in [0.717, 1.165) is 6.07 Å². The smallest absolute Gasteiger partial charge is 0.338 e. The van der Waals surface area contributed by atoms with Crippen LogP contribution >= 0.6 is 27.3 Å². The van der Waals surface area contributed by atoms with Gasteiger partial charge in [-0.05, 0) is 53.2 Å². The molecule has 1 aromatic carbocycles. The van der Waals surface area contributed by atoms with Crippen molar-refractivity contribution in [2.24, 2.45) is 10.9 Å². The maximum absolute atomic E-state index is 14.7. The number of nitrogens with zero attached hydrogens (tertiary/aromatic N) is 3. The molecule has 4 heterocycles. The number of rotatable bonds is 8. The summed E-state index contributed by atoms with van der Waals surface area (Å²) in [6.07, 6.45) is 3.03. The molecule has 0 aliphatic carbocycles. The van der Waals surface area contributed by atoms with E-state index in [1.165, 1.54) is 17.4 Å². The number of aliphatic carboxylic acids is 1. The summed E-state index contributed by atoms with van der Waals surface area (Å²) in [5, 5.41) is 15.0. The third-order valence-corrected chi connectivity index (χ3v) is 8.78. The number of carbonyl (C=O) groups is 2. The second-order valence-electron chi connectivity index (χ2n) is 9.67. The van der Waals surface area contributed by atoms with E-state index in [2.05, 4.69) is 31.1 Å². The van der Waals surface area contributed by atoms with Crippen LogP contribution in [-0.4, -0.2) is 71.2 Å². The minimum absolute atomic E-state index is 0.0359. The number of ether oxygens (including phenoxy) is 2. The number of piperidine rings is 1. The molecule has 39 heavy (non-hydrogen) atoms. The van der Waals surface area contributed by atoms with Gasteiger partial charge in [0, 0.05) is 42.3 Å². The number of nitrogens with one attached hydrogen (secondary N) is 1. The first kappa shape index (κ1) is 27.8. The zero-order valence-corrected chi connectivity index (χ0v) is 23.4. The molecule has 2 bridgehead atoms. The van der Waals surface area contributed by atoms with Gasteiger partial charge in [0.25, 0.3) is 0 Å². The number of carboxylic acid groups (broad SMARTS) is 1. The predicted octanol–water partition coefficient (Wildman–Crippen LogP) is 4.05. The van der Waals surface area contributed by atoms with Crippen LogP contribution in [0.3, 0.4) is 0 Å². The first-order valence-corrected chi connectivity index (χ1v) is 14.3. The van der Waals surface area contributed by atoms with Crippen molar-refractivity contribution in [3.8, 4) is 0 Å². The lowest BCUT2D eigenvalue weighted by Crippen LogP contribution is -2.58. The second-order valence-corrected chi connectivity index (χ2v) is 11.4. The topological polar surface area (TPSA) is 113 Å². The molecule has 0 radical (unpaired) electrons. The average Bonchev–Trinajstić information content (AvgIpc) is 3.42. The van der Waals surface area contributed by atoms with Crippen LogP contribution in [0.25, 0.3) is 0 Å². The van der Waals surface area contributed by atoms with Gasteiger partial charge in [-0.25, -0.2) is 18.6 Å². The third kappa shape index (κ3) is 5.76. The van der Waals surface area contributed by atoms with Gasteiger partial charge < -0.3 is 19.9 Å². The van der Waals surface area contributed by atoms with E-state index in [9.17, 15) is 23.5 Å². The molecule has 9 nitrogen and oxygen atoms in total. The number of amidine groups is 1. The van der Waals surface area contributed by atoms with Gasteiger partial charge in [0.15, 0.2) is 22.5 Å². The number of hydrogen-bond donors (Lipinski definition) is 2. The standard InChI is InChI=1S/C26H27BrF2N4O5S/c1-2-38-26(36)20-18(10-33-14-7-13(9-19(34)35)8-15(33)12-37-11-14)31-24(25-30-5-6-39-25)32-23(20)16-3-4-17(28)22(29)21(16)27/h3-6,13-15,23H,2,7-12H2,1H3,(H,31,32)(H,34,35)/t13?,14-,15+,23-/m0/s1. The highest BCUT2D eigenvalue weighted by atomic mass is 79.9. The van der Waals surface area contributed by atoms with Crippen molar-refractivity contribution in [2.45, 2.75) is 44.3 Å². The van der Waals surface area contributed by atoms with Crippen LogP contribution in [-0.2, 0) is 19.1 Å². The maximum atomic E-state index is 14.7. The van der Waals surface area contributed by atoms with Crippen molar-refractivity contribution in [1.82, 2.24) is 15.2 Å². The number of carboxylic acids is 1. The number of thiazole rings is 1. The van der Waals surface area contributed by atoms with Crippen molar-refractivity contribution >= 4 is 45.0 Å². The number of morpholine rings is 1. The minimum atomic E-state index is -1.08. The average molecular weight is 625 g/mol. The fourth-order valence-electron chi connectivity index (χ4n) is 5.55. The molecular weight excluding hydrogens is 598 g/mol. The Kier molecular flexibility index (Phi) is 8.40. The summed E-state index contributed by atoms with van der Waals surface area (Å²) in [6, 6.07) is 1.32. The van der Waals surface area contributed by atoms with E-state index < -0.39 is 29.6 Å². The molecule has 0 spiro atoms. The van der Waals surface area contributed by atoms with E-state index >= 15 is 0 Å². The summed E-state index contributed by atoms with van der Waals surface area (Å²) in [6.45, 7) is 3.00. The van der Waals surface area contributed by atoms with Crippen LogP contribution in [0.5, 0.6) is 0 Å². The fourth-order valence-corrected chi connectivity index (χ4v) is 6.68. The van der Waals surface area contributed by atoms with Gasteiger partial charge in [-0.1, -0.05) is 6.07 Å². The van der Waals surface area contributed by atoms with Crippen molar-refractivity contribution in [2.75, 3.05) is 26.4 Å². The summed E-state index contributed by atoms with van der Waals surface area (Å²) in [7, 11) is 0. The fraction of sp³-hybridized carbons (Fsp3) is 0.462. The number of fused-ring (bicyclic) bond motifs is 2. The number of hydrogen-bond acceptors (Lipinski definition) is 9. The molecular formula is C26H27BrF2N4O5S. The Hall–Kier alpha value is -2.74. The molecule has 4 atom stereocenters. The Morgan fingerprint density at radius 3 is 2.67 bits per heavy atom. The zero-order valence-electron chi connectivity index (χ0n) is 21.0. The van der Waals surface area contributed by atoms with Crippen molar-refractivity contribution in [3.63, 3.8) is 0 Å². The highest BCUT2D eigenvalue weighted by Gasteiger charge is 2.42. The quantitative estimate of drug-likeness (QED) is 0.334. The van der Waals surface area contributed by atoms with E-state index in [1.807, 2.05) is 0 Å². The number of carbonyl (C=O) groups excluding carboxylic acids is 1. The molecule has 2 aromatic rings. The van der Waals surface area contributed by atoms with Gasteiger partial charge in [-0.3, -0.25) is 14.7 Å². The molecule has 0 saturated carbocycles. The Morgan fingerprint density at radius 1 is 1.28 bits per heavy atom. The number of aliphatic imine (C=N–C) groups is 1. The highest BCUT2D eigenvalue weighted by molar-refractivity contribution is 9.10. The normalized spacial score (nSPS) is 25.2. The lowest BCUT2D eigenvalue weighted by atomic mass is 9.82. The lowest BCUT2D eigenvalue weighted by Gasteiger charge is -2.49. The van der Waals surface area contributed by atoms with Crippen LogP contribution in [0.1, 0.15) is 42.8 Å². The molecule has 2 saturated heterocycles. The summed E-state index contributed by atoms with van der Waals surface area (Å²) in [5.74, 6) is -3.11. The lowest BCUT2D eigenvalue weighted by molar-refractivity contribution is -0.141. The molecule has 13 heteroatoms. The van der Waals surface area contributed by atoms with Crippen molar-refractivity contribution in [1.29, 1.82) is 0 Å². The second kappa shape index (κ2) is 11.8. The molecule has 3 aliphatic rings. The Morgan fingerprint density at radius 2 is 2.03 bits per heavy atom. The van der Waals surface area contributed by atoms with E-state index in [-0.39, 0.29) is 46.6 Å². The van der Waals surface area contributed by atoms with Crippen molar-refractivity contribution in [3.05, 3.63) is 61.7 Å². The van der Waals surface area contributed by atoms with Gasteiger partial charge in [0.2, 0.25) is 0 Å². The largest absolute Gasteiger partial charge is 0.481 e. The van der Waals surface area contributed by atoms with Crippen LogP contribution in [0.2, 0.25) is 0 Å². The molecule has 208 valence electrons. The first-order valence-electron chi connectivity index (χ1n) is 12.6. The van der Waals surface area contributed by atoms with Crippen LogP contribution in [0.4, 0.5) is 8.78 Å². The van der Waals surface area contributed by atoms with Crippen molar-refractivity contribution < 1.29 is 33.0 Å². The summed E-state index contributed by atoms with van der Waals surface area (Å²) in [5.41, 5.74) is 0.980.